The average molecular weight is 467 g/mol. The van der Waals surface area contributed by atoms with Gasteiger partial charge in [-0.3, -0.25) is 4.79 Å². The lowest BCUT2D eigenvalue weighted by atomic mass is 10.1. The predicted molar refractivity (Wildman–Crippen MR) is 129 cm³/mol. The van der Waals surface area contributed by atoms with Crippen LogP contribution >= 0.6 is 23.1 Å². The number of furan rings is 1. The molecule has 0 atom stereocenters. The second kappa shape index (κ2) is 10.2. The van der Waals surface area contributed by atoms with Gasteiger partial charge in [0.25, 0.3) is 0 Å². The lowest BCUT2D eigenvalue weighted by molar-refractivity contribution is -0.129. The number of carbonyl (C=O) groups is 1. The molecule has 0 saturated heterocycles. The van der Waals surface area contributed by atoms with E-state index in [-0.39, 0.29) is 11.7 Å². The quantitative estimate of drug-likeness (QED) is 0.302. The van der Waals surface area contributed by atoms with Gasteiger partial charge in [0, 0.05) is 21.9 Å². The van der Waals surface area contributed by atoms with Gasteiger partial charge in [-0.25, -0.2) is 0 Å². The van der Waals surface area contributed by atoms with E-state index < -0.39 is 0 Å². The van der Waals surface area contributed by atoms with Crippen LogP contribution in [0.25, 0.3) is 11.4 Å². The topological polar surface area (TPSA) is 64.2 Å². The van der Waals surface area contributed by atoms with Gasteiger partial charge in [-0.2, -0.15) is 0 Å². The van der Waals surface area contributed by atoms with E-state index in [0.717, 1.165) is 33.7 Å². The average Bonchev–Trinajstić information content (AvgIpc) is 3.52. The van der Waals surface area contributed by atoms with Gasteiger partial charge in [-0.15, -0.1) is 21.5 Å². The van der Waals surface area contributed by atoms with Crippen LogP contribution in [0.5, 0.6) is 0 Å². The van der Waals surface area contributed by atoms with Gasteiger partial charge in [0.05, 0.1) is 25.1 Å². The summed E-state index contributed by atoms with van der Waals surface area (Å²) in [6.45, 7) is 7.94. The second-order valence-corrected chi connectivity index (χ2v) is 9.87. The van der Waals surface area contributed by atoms with Crippen molar-refractivity contribution >= 4 is 29.0 Å². The maximum absolute atomic E-state index is 13.2. The number of hydrogen-bond donors (Lipinski definition) is 0. The van der Waals surface area contributed by atoms with Crippen molar-refractivity contribution in [1.29, 1.82) is 0 Å². The first kappa shape index (κ1) is 22.4. The number of aryl methyl sites for hydroxylation is 2. The number of thiophene rings is 1. The normalized spacial score (nSPS) is 11.1. The minimum absolute atomic E-state index is 0.0419. The molecule has 0 saturated carbocycles. The summed E-state index contributed by atoms with van der Waals surface area (Å²) in [5, 5.41) is 9.53. The standard InChI is InChI=1S/C24H26N4O2S2/c1-4-28-23(19-8-5-7-17(2)13-19)25-26-24(28)31-16-22(29)27(14-20-9-6-12-30-20)15-21-11-10-18(3)32-21/h5-13H,4,14-16H2,1-3H3. The maximum atomic E-state index is 13.2. The fourth-order valence-electron chi connectivity index (χ4n) is 3.48. The van der Waals surface area contributed by atoms with E-state index >= 15 is 0 Å². The largest absolute Gasteiger partial charge is 0.467 e. The molecular formula is C24H26N4O2S2. The number of nitrogens with zero attached hydrogens (tertiary/aromatic N) is 4. The van der Waals surface area contributed by atoms with Crippen LogP contribution in [0.2, 0.25) is 0 Å². The third-order valence-corrected chi connectivity index (χ3v) is 6.99. The summed E-state index contributed by atoms with van der Waals surface area (Å²) in [6, 6.07) is 16.1. The highest BCUT2D eigenvalue weighted by Crippen LogP contribution is 2.26. The molecule has 0 radical (unpaired) electrons. The molecule has 32 heavy (non-hydrogen) atoms. The summed E-state index contributed by atoms with van der Waals surface area (Å²) in [4.78, 5) is 17.4. The summed E-state index contributed by atoms with van der Waals surface area (Å²) in [5.74, 6) is 1.93. The molecule has 0 bridgehead atoms. The first-order chi connectivity index (χ1) is 15.5. The third-order valence-electron chi connectivity index (χ3n) is 5.06. The molecule has 0 fully saturated rings. The van der Waals surface area contributed by atoms with Gasteiger partial charge >= 0.3 is 0 Å². The molecule has 0 aliphatic heterocycles. The van der Waals surface area contributed by atoms with E-state index in [1.165, 1.54) is 22.2 Å². The molecule has 8 heteroatoms. The molecule has 0 N–H and O–H groups in total. The summed E-state index contributed by atoms with van der Waals surface area (Å²) in [6.07, 6.45) is 1.64. The molecule has 4 aromatic rings. The molecule has 0 spiro atoms. The van der Waals surface area contributed by atoms with Crippen LogP contribution in [0.3, 0.4) is 0 Å². The van der Waals surface area contributed by atoms with Gasteiger partial charge in [-0.1, -0.05) is 35.5 Å². The maximum Gasteiger partial charge on any atom is 0.233 e. The Kier molecular flexibility index (Phi) is 7.12. The van der Waals surface area contributed by atoms with Crippen molar-refractivity contribution < 1.29 is 9.21 Å². The smallest absolute Gasteiger partial charge is 0.233 e. The Morgan fingerprint density at radius 1 is 1.12 bits per heavy atom. The zero-order valence-electron chi connectivity index (χ0n) is 18.4. The number of aromatic nitrogens is 3. The van der Waals surface area contributed by atoms with Crippen molar-refractivity contribution in [3.8, 4) is 11.4 Å². The first-order valence-corrected chi connectivity index (χ1v) is 12.3. The lowest BCUT2D eigenvalue weighted by Crippen LogP contribution is -2.31. The lowest BCUT2D eigenvalue weighted by Gasteiger charge is -2.21. The minimum Gasteiger partial charge on any atom is -0.467 e. The Morgan fingerprint density at radius 3 is 2.69 bits per heavy atom. The molecule has 166 valence electrons. The molecule has 4 rings (SSSR count). The monoisotopic (exact) mass is 466 g/mol. The van der Waals surface area contributed by atoms with Crippen molar-refractivity contribution in [1.82, 2.24) is 19.7 Å². The molecule has 3 aromatic heterocycles. The van der Waals surface area contributed by atoms with E-state index in [4.69, 9.17) is 4.42 Å². The summed E-state index contributed by atoms with van der Waals surface area (Å²) >= 11 is 3.14. The van der Waals surface area contributed by atoms with Crippen LogP contribution in [-0.2, 0) is 24.4 Å². The van der Waals surface area contributed by atoms with Gasteiger partial charge in [0.1, 0.15) is 5.76 Å². The van der Waals surface area contributed by atoms with Crippen molar-refractivity contribution in [3.63, 3.8) is 0 Å². The Hall–Kier alpha value is -2.84. The number of rotatable bonds is 9. The zero-order valence-corrected chi connectivity index (χ0v) is 20.1. The highest BCUT2D eigenvalue weighted by molar-refractivity contribution is 7.99. The Labute approximate surface area is 196 Å². The van der Waals surface area contributed by atoms with Gasteiger partial charge < -0.3 is 13.9 Å². The fraction of sp³-hybridized carbons (Fsp3) is 0.292. The van der Waals surface area contributed by atoms with Crippen LogP contribution in [0.4, 0.5) is 0 Å². The van der Waals surface area contributed by atoms with Gasteiger partial charge in [-0.05, 0) is 51.1 Å². The Morgan fingerprint density at radius 2 is 2.00 bits per heavy atom. The summed E-state index contributed by atoms with van der Waals surface area (Å²) < 4.78 is 7.56. The van der Waals surface area contributed by atoms with E-state index in [1.54, 1.807) is 17.6 Å². The fourth-order valence-corrected chi connectivity index (χ4v) is 5.29. The van der Waals surface area contributed by atoms with Crippen molar-refractivity contribution in [2.45, 2.75) is 45.6 Å². The molecular weight excluding hydrogens is 440 g/mol. The van der Waals surface area contributed by atoms with Crippen molar-refractivity contribution in [3.05, 3.63) is 75.9 Å². The van der Waals surface area contributed by atoms with Crippen LogP contribution in [0, 0.1) is 13.8 Å². The van der Waals surface area contributed by atoms with E-state index in [2.05, 4.69) is 59.8 Å². The Balaban J connectivity index is 1.48. The number of benzene rings is 1. The van der Waals surface area contributed by atoms with E-state index in [9.17, 15) is 4.79 Å². The molecule has 1 amide bonds. The van der Waals surface area contributed by atoms with E-state index in [0.29, 0.717) is 13.1 Å². The number of amides is 1. The first-order valence-electron chi connectivity index (χ1n) is 10.5. The summed E-state index contributed by atoms with van der Waals surface area (Å²) in [7, 11) is 0. The molecule has 3 heterocycles. The van der Waals surface area contributed by atoms with Crippen LogP contribution in [-0.4, -0.2) is 31.3 Å². The van der Waals surface area contributed by atoms with Gasteiger partial charge in [0.2, 0.25) is 5.91 Å². The highest BCUT2D eigenvalue weighted by atomic mass is 32.2. The molecule has 0 unspecified atom stereocenters. The molecule has 6 nitrogen and oxygen atoms in total. The predicted octanol–water partition coefficient (Wildman–Crippen LogP) is 5.56. The Bertz CT molecular complexity index is 1180. The zero-order chi connectivity index (χ0) is 22.5. The van der Waals surface area contributed by atoms with E-state index in [1.807, 2.05) is 29.2 Å². The number of carbonyl (C=O) groups excluding carboxylic acids is 1. The van der Waals surface area contributed by atoms with Crippen LogP contribution < -0.4 is 0 Å². The number of thioether (sulfide) groups is 1. The third kappa shape index (κ3) is 5.31. The van der Waals surface area contributed by atoms with Crippen molar-refractivity contribution in [2.75, 3.05) is 5.75 Å². The molecule has 1 aromatic carbocycles. The minimum atomic E-state index is 0.0419. The molecule has 0 aliphatic carbocycles. The summed E-state index contributed by atoms with van der Waals surface area (Å²) in [5.41, 5.74) is 2.21. The van der Waals surface area contributed by atoms with Crippen LogP contribution in [0.1, 0.15) is 28.0 Å². The van der Waals surface area contributed by atoms with Crippen LogP contribution in [0.15, 0.2) is 64.4 Å². The SMILES string of the molecule is CCn1c(SCC(=O)N(Cc2ccco2)Cc2ccc(C)s2)nnc1-c1cccc(C)c1. The second-order valence-electron chi connectivity index (χ2n) is 7.55. The highest BCUT2D eigenvalue weighted by Gasteiger charge is 2.20. The van der Waals surface area contributed by atoms with Crippen molar-refractivity contribution in [2.24, 2.45) is 0 Å². The van der Waals surface area contributed by atoms with Gasteiger partial charge in [0.15, 0.2) is 11.0 Å². The number of hydrogen-bond acceptors (Lipinski definition) is 6. The molecule has 0 aliphatic rings.